The van der Waals surface area contributed by atoms with Gasteiger partial charge < -0.3 is 19.6 Å². The molecule has 0 aliphatic rings. The minimum Gasteiger partial charge on any atom is -0.493 e. The molecule has 1 heterocycles. The summed E-state index contributed by atoms with van der Waals surface area (Å²) in [5, 5.41) is 10.2. The van der Waals surface area contributed by atoms with E-state index in [-0.39, 0.29) is 17.3 Å². The van der Waals surface area contributed by atoms with Gasteiger partial charge in [0.2, 0.25) is 0 Å². The Morgan fingerprint density at radius 2 is 1.97 bits per heavy atom. The highest BCUT2D eigenvalue weighted by molar-refractivity contribution is 9.10. The summed E-state index contributed by atoms with van der Waals surface area (Å²) in [5.41, 5.74) is 2.57. The number of imidazole rings is 1. The quantitative estimate of drug-likeness (QED) is 0.207. The minimum absolute atomic E-state index is 0.0130. The van der Waals surface area contributed by atoms with Crippen LogP contribution >= 0.6 is 27.7 Å². The first kappa shape index (κ1) is 22.9. The number of carboxylic acid groups (broad SMARTS) is 1. The van der Waals surface area contributed by atoms with Crippen molar-refractivity contribution in [3.8, 4) is 11.5 Å². The van der Waals surface area contributed by atoms with Crippen LogP contribution in [0.15, 0.2) is 75.2 Å². The van der Waals surface area contributed by atoms with Crippen LogP contribution in [0.2, 0.25) is 0 Å². The first-order chi connectivity index (χ1) is 15.9. The Morgan fingerprint density at radius 3 is 2.70 bits per heavy atom. The molecule has 0 unspecified atom stereocenters. The van der Waals surface area contributed by atoms with Gasteiger partial charge in [0.25, 0.3) is 0 Å². The average molecular weight is 529 g/mol. The maximum atomic E-state index is 13.9. The SMILES string of the molecule is COc1cc(/C=C(\Sc2nc3ccccc3[nH]2)C(=O)O)cc(Br)c1OCc1ccccc1F. The molecule has 0 saturated carbocycles. The summed E-state index contributed by atoms with van der Waals surface area (Å²) in [5.74, 6) is -0.679. The van der Waals surface area contributed by atoms with Crippen LogP contribution in [0.25, 0.3) is 17.1 Å². The Bertz CT molecular complexity index is 1320. The Balaban J connectivity index is 1.60. The van der Waals surface area contributed by atoms with Crippen molar-refractivity contribution in [2.75, 3.05) is 7.11 Å². The van der Waals surface area contributed by atoms with Crippen molar-refractivity contribution < 1.29 is 23.8 Å². The lowest BCUT2D eigenvalue weighted by Crippen LogP contribution is -2.01. The number of fused-ring (bicyclic) bond motifs is 1. The van der Waals surface area contributed by atoms with Crippen LogP contribution in [-0.2, 0) is 11.4 Å². The molecule has 168 valence electrons. The second-order valence-electron chi connectivity index (χ2n) is 6.89. The number of aromatic nitrogens is 2. The number of hydrogen-bond donors (Lipinski definition) is 2. The smallest absolute Gasteiger partial charge is 0.342 e. The molecule has 6 nitrogen and oxygen atoms in total. The summed E-state index contributed by atoms with van der Waals surface area (Å²) in [6.45, 7) is 0.0130. The van der Waals surface area contributed by atoms with Gasteiger partial charge in [-0.05, 0) is 69.7 Å². The van der Waals surface area contributed by atoms with E-state index in [2.05, 4.69) is 25.9 Å². The van der Waals surface area contributed by atoms with E-state index in [0.717, 1.165) is 22.8 Å². The number of carbonyl (C=O) groups is 1. The van der Waals surface area contributed by atoms with E-state index in [1.54, 1.807) is 30.3 Å². The number of halogens is 2. The summed E-state index contributed by atoms with van der Waals surface area (Å²) < 4.78 is 25.7. The number of nitrogens with one attached hydrogen (secondary N) is 1. The summed E-state index contributed by atoms with van der Waals surface area (Å²) in [7, 11) is 1.48. The van der Waals surface area contributed by atoms with Crippen molar-refractivity contribution >= 4 is 50.8 Å². The monoisotopic (exact) mass is 528 g/mol. The van der Waals surface area contributed by atoms with Crippen LogP contribution in [0.4, 0.5) is 4.39 Å². The van der Waals surface area contributed by atoms with E-state index in [9.17, 15) is 14.3 Å². The number of H-pyrrole nitrogens is 1. The highest BCUT2D eigenvalue weighted by Crippen LogP contribution is 2.39. The Hall–Kier alpha value is -3.30. The van der Waals surface area contributed by atoms with Crippen molar-refractivity contribution in [3.05, 3.63) is 87.0 Å². The normalized spacial score (nSPS) is 11.5. The second-order valence-corrected chi connectivity index (χ2v) is 8.77. The Labute approximate surface area is 201 Å². The Morgan fingerprint density at radius 1 is 1.21 bits per heavy atom. The summed E-state index contributed by atoms with van der Waals surface area (Å²) in [6, 6.07) is 17.2. The highest BCUT2D eigenvalue weighted by Gasteiger charge is 2.16. The van der Waals surface area contributed by atoms with Crippen molar-refractivity contribution in [2.24, 2.45) is 0 Å². The molecule has 1 aromatic heterocycles. The number of carboxylic acids is 1. The third kappa shape index (κ3) is 5.37. The molecule has 4 rings (SSSR count). The molecule has 0 bridgehead atoms. The predicted octanol–water partition coefficient (Wildman–Crippen LogP) is 6.27. The minimum atomic E-state index is -1.09. The van der Waals surface area contributed by atoms with Gasteiger partial charge in [0.1, 0.15) is 17.3 Å². The number of rotatable bonds is 8. The van der Waals surface area contributed by atoms with Gasteiger partial charge in [0, 0.05) is 5.56 Å². The molecule has 3 aromatic carbocycles. The van der Waals surface area contributed by atoms with Gasteiger partial charge in [-0.3, -0.25) is 0 Å². The first-order valence-electron chi connectivity index (χ1n) is 9.76. The zero-order chi connectivity index (χ0) is 23.4. The molecule has 0 amide bonds. The number of thioether (sulfide) groups is 1. The van der Waals surface area contributed by atoms with Gasteiger partial charge >= 0.3 is 5.97 Å². The lowest BCUT2D eigenvalue weighted by Gasteiger charge is -2.14. The van der Waals surface area contributed by atoms with E-state index in [1.807, 2.05) is 24.3 Å². The zero-order valence-electron chi connectivity index (χ0n) is 17.3. The number of methoxy groups -OCH3 is 1. The van der Waals surface area contributed by atoms with E-state index < -0.39 is 5.97 Å². The molecule has 33 heavy (non-hydrogen) atoms. The topological polar surface area (TPSA) is 84.4 Å². The number of para-hydroxylation sites is 2. The molecule has 0 saturated heterocycles. The van der Waals surface area contributed by atoms with Crippen LogP contribution in [0.5, 0.6) is 11.5 Å². The second kappa shape index (κ2) is 10.1. The molecule has 0 radical (unpaired) electrons. The fourth-order valence-electron chi connectivity index (χ4n) is 3.10. The predicted molar refractivity (Wildman–Crippen MR) is 129 cm³/mol. The van der Waals surface area contributed by atoms with Crippen LogP contribution in [0.3, 0.4) is 0 Å². The largest absolute Gasteiger partial charge is 0.493 e. The number of aromatic amines is 1. The van der Waals surface area contributed by atoms with Gasteiger partial charge in [-0.15, -0.1) is 0 Å². The zero-order valence-corrected chi connectivity index (χ0v) is 19.7. The lowest BCUT2D eigenvalue weighted by atomic mass is 10.2. The van der Waals surface area contributed by atoms with Crippen LogP contribution in [-0.4, -0.2) is 28.2 Å². The van der Waals surface area contributed by atoms with Gasteiger partial charge in [0.15, 0.2) is 16.7 Å². The molecule has 0 atom stereocenters. The molecule has 0 spiro atoms. The molecular formula is C24H18BrFN2O4S. The molecule has 9 heteroatoms. The summed E-state index contributed by atoms with van der Waals surface area (Å²) in [6.07, 6.45) is 1.52. The highest BCUT2D eigenvalue weighted by atomic mass is 79.9. The molecule has 4 aromatic rings. The Kier molecular flexibility index (Phi) is 7.00. The van der Waals surface area contributed by atoms with Gasteiger partial charge in [-0.2, -0.15) is 0 Å². The van der Waals surface area contributed by atoms with E-state index in [1.165, 1.54) is 19.3 Å². The third-order valence-electron chi connectivity index (χ3n) is 4.66. The molecule has 0 aliphatic heterocycles. The average Bonchev–Trinajstić information content (AvgIpc) is 3.21. The number of benzene rings is 3. The standard InChI is InChI=1S/C24H18BrFN2O4S/c1-31-20-11-14(10-16(25)22(20)32-13-15-6-2-3-7-17(15)26)12-21(23(29)30)33-24-27-18-8-4-5-9-19(18)28-24/h2-12H,13H2,1H3,(H,27,28)(H,29,30)/b21-12-. The van der Waals surface area contributed by atoms with Crippen molar-refractivity contribution in [1.29, 1.82) is 0 Å². The molecule has 2 N–H and O–H groups in total. The van der Waals surface area contributed by atoms with Gasteiger partial charge in [-0.1, -0.05) is 30.3 Å². The first-order valence-corrected chi connectivity index (χ1v) is 11.4. The number of aliphatic carboxylic acids is 1. The number of nitrogens with zero attached hydrogens (tertiary/aromatic N) is 1. The fourth-order valence-corrected chi connectivity index (χ4v) is 4.47. The van der Waals surface area contributed by atoms with E-state index in [4.69, 9.17) is 9.47 Å². The maximum absolute atomic E-state index is 13.9. The van der Waals surface area contributed by atoms with Crippen LogP contribution in [0.1, 0.15) is 11.1 Å². The van der Waals surface area contributed by atoms with Crippen LogP contribution < -0.4 is 9.47 Å². The molecule has 0 aliphatic carbocycles. The molecule has 0 fully saturated rings. The van der Waals surface area contributed by atoms with Gasteiger partial charge in [-0.25, -0.2) is 14.2 Å². The number of hydrogen-bond acceptors (Lipinski definition) is 5. The third-order valence-corrected chi connectivity index (χ3v) is 6.15. The van der Waals surface area contributed by atoms with Crippen molar-refractivity contribution in [1.82, 2.24) is 9.97 Å². The fraction of sp³-hybridized carbons (Fsp3) is 0.0833. The van der Waals surface area contributed by atoms with Gasteiger partial charge in [0.05, 0.1) is 22.6 Å². The van der Waals surface area contributed by atoms with Crippen molar-refractivity contribution in [3.63, 3.8) is 0 Å². The van der Waals surface area contributed by atoms with Crippen molar-refractivity contribution in [2.45, 2.75) is 11.8 Å². The number of ether oxygens (including phenoxy) is 2. The van der Waals surface area contributed by atoms with E-state index in [0.29, 0.717) is 32.3 Å². The summed E-state index contributed by atoms with van der Waals surface area (Å²) in [4.78, 5) is 19.5. The maximum Gasteiger partial charge on any atom is 0.342 e. The van der Waals surface area contributed by atoms with Crippen LogP contribution in [0, 0.1) is 5.82 Å². The van der Waals surface area contributed by atoms with E-state index >= 15 is 0 Å². The lowest BCUT2D eigenvalue weighted by molar-refractivity contribution is -0.131. The summed E-state index contributed by atoms with van der Waals surface area (Å²) >= 11 is 4.46. The molecular weight excluding hydrogens is 511 g/mol.